The molecule has 1 atom stereocenters. The van der Waals surface area contributed by atoms with Gasteiger partial charge in [0.2, 0.25) is 0 Å². The molecule has 1 aromatic carbocycles. The first kappa shape index (κ1) is 10.8. The van der Waals surface area contributed by atoms with E-state index in [4.69, 9.17) is 17.3 Å². The number of aromatic nitrogens is 2. The number of nitrogens with two attached hydrogens (primary N) is 1. The Balaban J connectivity index is 2.03. The maximum atomic E-state index is 6.18. The lowest BCUT2D eigenvalue weighted by Gasteiger charge is -2.18. The van der Waals surface area contributed by atoms with Crippen molar-refractivity contribution in [2.75, 3.05) is 0 Å². The molecule has 0 saturated carbocycles. The van der Waals surface area contributed by atoms with E-state index in [9.17, 15) is 0 Å². The van der Waals surface area contributed by atoms with Crippen LogP contribution in [-0.2, 0) is 13.0 Å². The van der Waals surface area contributed by atoms with Crippen molar-refractivity contribution in [3.63, 3.8) is 0 Å². The smallest absolute Gasteiger partial charge is 0.110 e. The predicted octanol–water partition coefficient (Wildman–Crippen LogP) is 2.48. The summed E-state index contributed by atoms with van der Waals surface area (Å²) in [4.78, 5) is 4.63. The maximum absolute atomic E-state index is 6.18. The zero-order chi connectivity index (χ0) is 11.8. The van der Waals surface area contributed by atoms with Gasteiger partial charge in [-0.25, -0.2) is 4.98 Å². The van der Waals surface area contributed by atoms with Crippen LogP contribution in [0.4, 0.5) is 0 Å². The van der Waals surface area contributed by atoms with Crippen molar-refractivity contribution in [1.29, 1.82) is 0 Å². The lowest BCUT2D eigenvalue weighted by Crippen LogP contribution is -2.30. The highest BCUT2D eigenvalue weighted by atomic mass is 35.5. The molecule has 2 heterocycles. The van der Waals surface area contributed by atoms with E-state index in [-0.39, 0.29) is 6.04 Å². The minimum atomic E-state index is 0.240. The van der Waals surface area contributed by atoms with Gasteiger partial charge in [-0.05, 0) is 12.5 Å². The quantitative estimate of drug-likeness (QED) is 0.841. The van der Waals surface area contributed by atoms with Gasteiger partial charge in [-0.1, -0.05) is 29.8 Å². The Bertz CT molecular complexity index is 547. The summed E-state index contributed by atoms with van der Waals surface area (Å²) in [7, 11) is 0. The normalized spacial score (nSPS) is 19.1. The molecule has 2 N–H and O–H groups in total. The van der Waals surface area contributed by atoms with Crippen LogP contribution in [0.25, 0.3) is 11.3 Å². The number of halogens is 1. The molecule has 1 aromatic heterocycles. The van der Waals surface area contributed by atoms with Crippen LogP contribution in [0.5, 0.6) is 0 Å². The second-order valence-corrected chi connectivity index (χ2v) is 4.88. The molecule has 0 radical (unpaired) electrons. The Labute approximate surface area is 105 Å². The summed E-state index contributed by atoms with van der Waals surface area (Å²) in [6.07, 6.45) is 3.94. The van der Waals surface area contributed by atoms with Gasteiger partial charge in [-0.2, -0.15) is 0 Å². The largest absolute Gasteiger partial charge is 0.334 e. The van der Waals surface area contributed by atoms with Crippen molar-refractivity contribution in [2.24, 2.45) is 5.73 Å². The Morgan fingerprint density at radius 3 is 3.00 bits per heavy atom. The molecule has 0 saturated heterocycles. The monoisotopic (exact) mass is 247 g/mol. The molecule has 1 unspecified atom stereocenters. The van der Waals surface area contributed by atoms with Gasteiger partial charge in [0, 0.05) is 30.8 Å². The van der Waals surface area contributed by atoms with Crippen molar-refractivity contribution in [2.45, 2.75) is 25.4 Å². The van der Waals surface area contributed by atoms with Gasteiger partial charge in [0.1, 0.15) is 5.82 Å². The second-order valence-electron chi connectivity index (χ2n) is 4.47. The van der Waals surface area contributed by atoms with E-state index in [2.05, 4.69) is 15.7 Å². The first-order valence-electron chi connectivity index (χ1n) is 5.80. The van der Waals surface area contributed by atoms with E-state index in [1.807, 2.05) is 24.3 Å². The number of hydrogen-bond acceptors (Lipinski definition) is 2. The third-order valence-electron chi connectivity index (χ3n) is 3.19. The molecular weight excluding hydrogens is 234 g/mol. The van der Waals surface area contributed by atoms with Gasteiger partial charge < -0.3 is 10.3 Å². The molecule has 1 aliphatic heterocycles. The minimum absolute atomic E-state index is 0.240. The Morgan fingerprint density at radius 1 is 1.35 bits per heavy atom. The molecule has 2 aromatic rings. The van der Waals surface area contributed by atoms with E-state index in [0.29, 0.717) is 0 Å². The van der Waals surface area contributed by atoms with Crippen LogP contribution in [0.15, 0.2) is 30.5 Å². The molecule has 1 aliphatic rings. The van der Waals surface area contributed by atoms with Crippen molar-refractivity contribution in [1.82, 2.24) is 9.55 Å². The number of rotatable bonds is 1. The second kappa shape index (κ2) is 4.17. The van der Waals surface area contributed by atoms with Crippen LogP contribution in [-0.4, -0.2) is 15.6 Å². The van der Waals surface area contributed by atoms with E-state index in [1.54, 1.807) is 0 Å². The molecule has 3 rings (SSSR count). The number of aryl methyl sites for hydroxylation is 1. The summed E-state index contributed by atoms with van der Waals surface area (Å²) in [5.74, 6) is 1.07. The standard InChI is InChI=1S/C13H14ClN3/c14-11-4-2-1-3-10(11)12-8-17-6-5-9(15)7-13(17)16-12/h1-4,8-9H,5-7,15H2. The molecule has 0 spiro atoms. The van der Waals surface area contributed by atoms with Crippen molar-refractivity contribution < 1.29 is 0 Å². The molecule has 0 amide bonds. The fraction of sp³-hybridized carbons (Fsp3) is 0.308. The molecule has 0 fully saturated rings. The molecule has 88 valence electrons. The van der Waals surface area contributed by atoms with Crippen molar-refractivity contribution in [3.8, 4) is 11.3 Å². The third kappa shape index (κ3) is 1.96. The average Bonchev–Trinajstić information content (AvgIpc) is 2.72. The van der Waals surface area contributed by atoms with Crippen LogP contribution < -0.4 is 5.73 Å². The van der Waals surface area contributed by atoms with Gasteiger partial charge in [0.15, 0.2) is 0 Å². The number of nitrogens with zero attached hydrogens (tertiary/aromatic N) is 2. The first-order valence-corrected chi connectivity index (χ1v) is 6.18. The average molecular weight is 248 g/mol. The highest BCUT2D eigenvalue weighted by Crippen LogP contribution is 2.28. The summed E-state index contributed by atoms with van der Waals surface area (Å²) in [6.45, 7) is 0.952. The number of imidazole rings is 1. The fourth-order valence-electron chi connectivity index (χ4n) is 2.25. The zero-order valence-electron chi connectivity index (χ0n) is 9.44. The lowest BCUT2D eigenvalue weighted by molar-refractivity contribution is 0.463. The Morgan fingerprint density at radius 2 is 2.18 bits per heavy atom. The van der Waals surface area contributed by atoms with Crippen LogP contribution >= 0.6 is 11.6 Å². The summed E-state index contributed by atoms with van der Waals surface area (Å²) >= 11 is 6.18. The van der Waals surface area contributed by atoms with Crippen molar-refractivity contribution in [3.05, 3.63) is 41.3 Å². The highest BCUT2D eigenvalue weighted by Gasteiger charge is 2.18. The Kier molecular flexibility index (Phi) is 2.65. The van der Waals surface area contributed by atoms with Crippen LogP contribution in [0.1, 0.15) is 12.2 Å². The third-order valence-corrected chi connectivity index (χ3v) is 3.52. The summed E-state index contributed by atoms with van der Waals surface area (Å²) in [5, 5.41) is 0.743. The summed E-state index contributed by atoms with van der Waals surface area (Å²) < 4.78 is 2.18. The minimum Gasteiger partial charge on any atom is -0.334 e. The van der Waals surface area contributed by atoms with Crippen LogP contribution in [0.2, 0.25) is 5.02 Å². The van der Waals surface area contributed by atoms with Crippen molar-refractivity contribution >= 4 is 11.6 Å². The number of benzene rings is 1. The maximum Gasteiger partial charge on any atom is 0.110 e. The summed E-state index contributed by atoms with van der Waals surface area (Å²) in [5.41, 5.74) is 7.88. The van der Waals surface area contributed by atoms with Gasteiger partial charge >= 0.3 is 0 Å². The van der Waals surface area contributed by atoms with E-state index < -0.39 is 0 Å². The molecule has 4 heteroatoms. The first-order chi connectivity index (χ1) is 8.24. The molecule has 0 bridgehead atoms. The van der Waals surface area contributed by atoms with Crippen LogP contribution in [0, 0.1) is 0 Å². The van der Waals surface area contributed by atoms with E-state index >= 15 is 0 Å². The van der Waals surface area contributed by atoms with Crippen LogP contribution in [0.3, 0.4) is 0 Å². The SMILES string of the molecule is NC1CCn2cc(-c3ccccc3Cl)nc2C1. The topological polar surface area (TPSA) is 43.8 Å². The molecule has 0 aliphatic carbocycles. The molecule has 3 nitrogen and oxygen atoms in total. The molecular formula is C13H14ClN3. The molecule has 17 heavy (non-hydrogen) atoms. The predicted molar refractivity (Wildman–Crippen MR) is 69.0 cm³/mol. The van der Waals surface area contributed by atoms with E-state index in [0.717, 1.165) is 41.5 Å². The Hall–Kier alpha value is -1.32. The zero-order valence-corrected chi connectivity index (χ0v) is 10.2. The summed E-state index contributed by atoms with van der Waals surface area (Å²) in [6, 6.07) is 8.03. The van der Waals surface area contributed by atoms with Gasteiger partial charge in [0.05, 0.1) is 10.7 Å². The highest BCUT2D eigenvalue weighted by molar-refractivity contribution is 6.33. The lowest BCUT2D eigenvalue weighted by atomic mass is 10.1. The number of fused-ring (bicyclic) bond motifs is 1. The fourth-order valence-corrected chi connectivity index (χ4v) is 2.48. The van der Waals surface area contributed by atoms with Gasteiger partial charge in [-0.15, -0.1) is 0 Å². The number of hydrogen-bond donors (Lipinski definition) is 1. The van der Waals surface area contributed by atoms with Gasteiger partial charge in [0.25, 0.3) is 0 Å². The van der Waals surface area contributed by atoms with E-state index in [1.165, 1.54) is 0 Å². The van der Waals surface area contributed by atoms with Gasteiger partial charge in [-0.3, -0.25) is 0 Å².